The topological polar surface area (TPSA) is 55.1 Å². The summed E-state index contributed by atoms with van der Waals surface area (Å²) in [5.41, 5.74) is 2.04. The van der Waals surface area contributed by atoms with E-state index in [9.17, 15) is 4.79 Å². The minimum Gasteiger partial charge on any atom is -0.476 e. The van der Waals surface area contributed by atoms with Crippen molar-refractivity contribution in [1.82, 2.24) is 9.78 Å². The van der Waals surface area contributed by atoms with Gasteiger partial charge >= 0.3 is 5.97 Å². The molecule has 0 saturated carbocycles. The molecule has 0 aliphatic heterocycles. The van der Waals surface area contributed by atoms with Crippen LogP contribution >= 0.6 is 0 Å². The minimum atomic E-state index is -0.940. The van der Waals surface area contributed by atoms with Crippen molar-refractivity contribution in [3.05, 3.63) is 17.0 Å². The van der Waals surface area contributed by atoms with Gasteiger partial charge < -0.3 is 5.11 Å². The first-order valence-corrected chi connectivity index (χ1v) is 5.26. The van der Waals surface area contributed by atoms with Crippen molar-refractivity contribution < 1.29 is 9.90 Å². The highest BCUT2D eigenvalue weighted by molar-refractivity contribution is 5.87. The van der Waals surface area contributed by atoms with Crippen LogP contribution in [0.2, 0.25) is 0 Å². The van der Waals surface area contributed by atoms with Crippen molar-refractivity contribution in [2.75, 3.05) is 0 Å². The second-order valence-electron chi connectivity index (χ2n) is 4.14. The van der Waals surface area contributed by atoms with Crippen molar-refractivity contribution in [2.24, 2.45) is 5.92 Å². The SMILES string of the molecule is CCn1nc(C(=O)O)c(C)c1CC(C)C. The molecule has 0 atom stereocenters. The van der Waals surface area contributed by atoms with E-state index >= 15 is 0 Å². The van der Waals surface area contributed by atoms with Gasteiger partial charge in [-0.05, 0) is 26.2 Å². The van der Waals surface area contributed by atoms with Crippen molar-refractivity contribution in [1.29, 1.82) is 0 Å². The number of aromatic nitrogens is 2. The first-order valence-electron chi connectivity index (χ1n) is 5.26. The maximum absolute atomic E-state index is 10.9. The number of nitrogens with zero attached hydrogens (tertiary/aromatic N) is 2. The Balaban J connectivity index is 3.17. The summed E-state index contributed by atoms with van der Waals surface area (Å²) in [5, 5.41) is 13.1. The summed E-state index contributed by atoms with van der Waals surface area (Å²) in [6.45, 7) is 8.76. The second-order valence-corrected chi connectivity index (χ2v) is 4.14. The van der Waals surface area contributed by atoms with Gasteiger partial charge in [-0.2, -0.15) is 5.10 Å². The summed E-state index contributed by atoms with van der Waals surface area (Å²) >= 11 is 0. The summed E-state index contributed by atoms with van der Waals surface area (Å²) in [5.74, 6) is -0.433. The zero-order valence-electron chi connectivity index (χ0n) is 9.74. The fourth-order valence-corrected chi connectivity index (χ4v) is 1.70. The Labute approximate surface area is 89.9 Å². The Hall–Kier alpha value is -1.32. The van der Waals surface area contributed by atoms with Gasteiger partial charge in [0.25, 0.3) is 0 Å². The van der Waals surface area contributed by atoms with E-state index < -0.39 is 5.97 Å². The molecule has 84 valence electrons. The van der Waals surface area contributed by atoms with Crippen molar-refractivity contribution in [3.63, 3.8) is 0 Å². The molecule has 4 nitrogen and oxygen atoms in total. The first kappa shape index (κ1) is 11.8. The van der Waals surface area contributed by atoms with Crippen LogP contribution in [0.5, 0.6) is 0 Å². The van der Waals surface area contributed by atoms with Crippen LogP contribution in [0.3, 0.4) is 0 Å². The normalized spacial score (nSPS) is 11.0. The number of rotatable bonds is 4. The summed E-state index contributed by atoms with van der Waals surface area (Å²) in [4.78, 5) is 10.9. The standard InChI is InChI=1S/C11H18N2O2/c1-5-13-9(6-7(2)3)8(4)10(12-13)11(14)15/h7H,5-6H2,1-4H3,(H,14,15). The summed E-state index contributed by atoms with van der Waals surface area (Å²) in [7, 11) is 0. The molecular formula is C11H18N2O2. The molecule has 15 heavy (non-hydrogen) atoms. The Morgan fingerprint density at radius 2 is 2.13 bits per heavy atom. The van der Waals surface area contributed by atoms with Gasteiger partial charge in [-0.1, -0.05) is 13.8 Å². The van der Waals surface area contributed by atoms with Crippen LogP contribution in [0.25, 0.3) is 0 Å². The number of hydrogen-bond acceptors (Lipinski definition) is 2. The highest BCUT2D eigenvalue weighted by Crippen LogP contribution is 2.17. The molecular weight excluding hydrogens is 192 g/mol. The molecule has 0 spiro atoms. The first-order chi connectivity index (χ1) is 6.97. The molecule has 0 saturated heterocycles. The second kappa shape index (κ2) is 4.47. The van der Waals surface area contributed by atoms with Crippen LogP contribution in [0.15, 0.2) is 0 Å². The van der Waals surface area contributed by atoms with E-state index in [4.69, 9.17) is 5.11 Å². The average Bonchev–Trinajstić information content (AvgIpc) is 2.43. The largest absolute Gasteiger partial charge is 0.476 e. The molecule has 0 amide bonds. The van der Waals surface area contributed by atoms with Gasteiger partial charge in [0.2, 0.25) is 0 Å². The molecule has 0 unspecified atom stereocenters. The van der Waals surface area contributed by atoms with E-state index in [0.717, 1.165) is 24.2 Å². The maximum atomic E-state index is 10.9. The Kier molecular flexibility index (Phi) is 3.50. The van der Waals surface area contributed by atoms with Crippen molar-refractivity contribution in [3.8, 4) is 0 Å². The zero-order valence-corrected chi connectivity index (χ0v) is 9.74. The molecule has 0 aromatic carbocycles. The lowest BCUT2D eigenvalue weighted by Gasteiger charge is -2.08. The number of aryl methyl sites for hydroxylation is 1. The third-order valence-corrected chi connectivity index (χ3v) is 2.42. The van der Waals surface area contributed by atoms with E-state index in [-0.39, 0.29) is 5.69 Å². The van der Waals surface area contributed by atoms with Crippen molar-refractivity contribution in [2.45, 2.75) is 40.7 Å². The van der Waals surface area contributed by atoms with Gasteiger partial charge in [0.05, 0.1) is 0 Å². The van der Waals surface area contributed by atoms with Crippen molar-refractivity contribution >= 4 is 5.97 Å². The Morgan fingerprint density at radius 3 is 2.53 bits per heavy atom. The van der Waals surface area contributed by atoms with Gasteiger partial charge in [0, 0.05) is 17.8 Å². The molecule has 1 aromatic heterocycles. The van der Waals surface area contributed by atoms with Crippen LogP contribution in [0.4, 0.5) is 0 Å². The number of carbonyl (C=O) groups is 1. The average molecular weight is 210 g/mol. The van der Waals surface area contributed by atoms with E-state index in [0.29, 0.717) is 5.92 Å². The molecule has 1 heterocycles. The quantitative estimate of drug-likeness (QED) is 0.828. The molecule has 0 aliphatic carbocycles. The third-order valence-electron chi connectivity index (χ3n) is 2.42. The predicted molar refractivity (Wildman–Crippen MR) is 58.1 cm³/mol. The Bertz CT molecular complexity index is 367. The summed E-state index contributed by atoms with van der Waals surface area (Å²) in [6, 6.07) is 0. The van der Waals surface area contributed by atoms with Crippen LogP contribution in [-0.4, -0.2) is 20.9 Å². The van der Waals surface area contributed by atoms with Gasteiger partial charge in [-0.25, -0.2) is 4.79 Å². The third kappa shape index (κ3) is 2.37. The lowest BCUT2D eigenvalue weighted by atomic mass is 10.0. The molecule has 1 rings (SSSR count). The fraction of sp³-hybridized carbons (Fsp3) is 0.636. The molecule has 0 radical (unpaired) electrons. The van der Waals surface area contributed by atoms with Gasteiger partial charge in [-0.3, -0.25) is 4.68 Å². The van der Waals surface area contributed by atoms with Crippen LogP contribution in [-0.2, 0) is 13.0 Å². The fourth-order valence-electron chi connectivity index (χ4n) is 1.70. The predicted octanol–water partition coefficient (Wildman–Crippen LogP) is 2.11. The van der Waals surface area contributed by atoms with Gasteiger partial charge in [0.1, 0.15) is 0 Å². The molecule has 1 aromatic rings. The van der Waals surface area contributed by atoms with Crippen LogP contribution in [0.1, 0.15) is 42.5 Å². The number of carboxylic acids is 1. The molecule has 0 fully saturated rings. The zero-order chi connectivity index (χ0) is 11.6. The molecule has 1 N–H and O–H groups in total. The minimum absolute atomic E-state index is 0.188. The van der Waals surface area contributed by atoms with Gasteiger partial charge in [0.15, 0.2) is 5.69 Å². The van der Waals surface area contributed by atoms with E-state index in [1.165, 1.54) is 0 Å². The number of carboxylic acid groups (broad SMARTS) is 1. The van der Waals surface area contributed by atoms with Gasteiger partial charge in [-0.15, -0.1) is 0 Å². The summed E-state index contributed by atoms with van der Waals surface area (Å²) in [6.07, 6.45) is 0.875. The van der Waals surface area contributed by atoms with E-state index in [1.54, 1.807) is 4.68 Å². The molecule has 0 bridgehead atoms. The Morgan fingerprint density at radius 1 is 1.53 bits per heavy atom. The lowest BCUT2D eigenvalue weighted by molar-refractivity contribution is 0.0688. The van der Waals surface area contributed by atoms with Crippen LogP contribution < -0.4 is 0 Å². The van der Waals surface area contributed by atoms with E-state index in [2.05, 4.69) is 18.9 Å². The lowest BCUT2D eigenvalue weighted by Crippen LogP contribution is -2.06. The highest BCUT2D eigenvalue weighted by Gasteiger charge is 2.18. The highest BCUT2D eigenvalue weighted by atomic mass is 16.4. The van der Waals surface area contributed by atoms with Crippen LogP contribution in [0, 0.1) is 12.8 Å². The molecule has 0 aliphatic rings. The number of hydrogen-bond donors (Lipinski definition) is 1. The smallest absolute Gasteiger partial charge is 0.356 e. The number of aromatic carboxylic acids is 1. The summed E-state index contributed by atoms with van der Waals surface area (Å²) < 4.78 is 1.79. The molecule has 4 heteroatoms. The maximum Gasteiger partial charge on any atom is 0.356 e. The monoisotopic (exact) mass is 210 g/mol. The van der Waals surface area contributed by atoms with E-state index in [1.807, 2.05) is 13.8 Å².